The molecule has 0 unspecified atom stereocenters. The van der Waals surface area contributed by atoms with Crippen LogP contribution in [-0.2, 0) is 4.79 Å². The summed E-state index contributed by atoms with van der Waals surface area (Å²) in [7, 11) is 1.87. The van der Waals surface area contributed by atoms with Gasteiger partial charge < -0.3 is 9.80 Å². The van der Waals surface area contributed by atoms with Crippen molar-refractivity contribution in [2.24, 2.45) is 5.92 Å². The first-order valence-corrected chi connectivity index (χ1v) is 6.19. The van der Waals surface area contributed by atoms with Gasteiger partial charge in [0.05, 0.1) is 0 Å². The summed E-state index contributed by atoms with van der Waals surface area (Å²) in [4.78, 5) is 14.9. The lowest BCUT2D eigenvalue weighted by Crippen LogP contribution is -2.36. The first kappa shape index (κ1) is 10.9. The first-order valence-electron chi connectivity index (χ1n) is 6.19. The van der Waals surface area contributed by atoms with Gasteiger partial charge >= 0.3 is 0 Å². The van der Waals surface area contributed by atoms with Gasteiger partial charge in [0, 0.05) is 19.6 Å². The first-order chi connectivity index (χ1) is 7.29. The second-order valence-corrected chi connectivity index (χ2v) is 5.09. The molecule has 0 bridgehead atoms. The van der Waals surface area contributed by atoms with E-state index < -0.39 is 0 Å². The van der Waals surface area contributed by atoms with Crippen LogP contribution in [0.2, 0.25) is 0 Å². The Balaban J connectivity index is 1.62. The molecule has 0 aromatic carbocycles. The number of hydrogen-bond donors (Lipinski definition) is 0. The lowest BCUT2D eigenvalue weighted by molar-refractivity contribution is -0.117. The Morgan fingerprint density at radius 3 is 2.47 bits per heavy atom. The molecule has 15 heavy (non-hydrogen) atoms. The van der Waals surface area contributed by atoms with E-state index in [0.717, 1.165) is 24.9 Å². The molecule has 1 aliphatic carbocycles. The third kappa shape index (κ3) is 3.20. The largest absolute Gasteiger partial charge is 0.348 e. The van der Waals surface area contributed by atoms with Crippen LogP contribution in [0.1, 0.15) is 32.1 Å². The normalized spacial score (nSPS) is 24.1. The van der Waals surface area contributed by atoms with E-state index >= 15 is 0 Å². The molecule has 0 aromatic rings. The maximum Gasteiger partial charge on any atom is 0.209 e. The summed E-state index contributed by atoms with van der Waals surface area (Å²) in [6.07, 6.45) is 7.65. The second-order valence-electron chi connectivity index (χ2n) is 5.09. The highest BCUT2D eigenvalue weighted by molar-refractivity contribution is 5.46. The highest BCUT2D eigenvalue weighted by Crippen LogP contribution is 2.31. The van der Waals surface area contributed by atoms with E-state index in [1.54, 1.807) is 4.90 Å². The number of rotatable bonds is 5. The molecular formula is C12H22N2O. The molecule has 1 saturated carbocycles. The van der Waals surface area contributed by atoms with Gasteiger partial charge in [-0.3, -0.25) is 4.79 Å². The number of likely N-dealkylation sites (tertiary alicyclic amines) is 1. The van der Waals surface area contributed by atoms with Crippen molar-refractivity contribution in [3.8, 4) is 0 Å². The van der Waals surface area contributed by atoms with Gasteiger partial charge in [0.1, 0.15) is 0 Å². The van der Waals surface area contributed by atoms with Crippen LogP contribution < -0.4 is 0 Å². The van der Waals surface area contributed by atoms with Crippen LogP contribution in [0.3, 0.4) is 0 Å². The number of carbonyl (C=O) groups excluding carboxylic acids is 1. The van der Waals surface area contributed by atoms with Crippen LogP contribution in [0.4, 0.5) is 0 Å². The molecule has 2 rings (SSSR count). The highest BCUT2D eigenvalue weighted by atomic mass is 16.1. The van der Waals surface area contributed by atoms with Crippen molar-refractivity contribution in [1.82, 2.24) is 9.80 Å². The van der Waals surface area contributed by atoms with E-state index in [4.69, 9.17) is 0 Å². The highest BCUT2D eigenvalue weighted by Gasteiger charge is 2.31. The summed E-state index contributed by atoms with van der Waals surface area (Å²) in [6.45, 7) is 3.51. The van der Waals surface area contributed by atoms with E-state index in [1.165, 1.54) is 45.2 Å². The summed E-state index contributed by atoms with van der Waals surface area (Å²) < 4.78 is 0. The van der Waals surface area contributed by atoms with Crippen molar-refractivity contribution in [2.75, 3.05) is 26.7 Å². The molecule has 1 heterocycles. The molecule has 0 atom stereocenters. The lowest BCUT2D eigenvalue weighted by Gasteiger charge is -2.32. The summed E-state index contributed by atoms with van der Waals surface area (Å²) in [5.41, 5.74) is 0. The van der Waals surface area contributed by atoms with Crippen molar-refractivity contribution < 1.29 is 4.79 Å². The Labute approximate surface area is 92.4 Å². The minimum Gasteiger partial charge on any atom is -0.348 e. The van der Waals surface area contributed by atoms with E-state index in [0.29, 0.717) is 0 Å². The van der Waals surface area contributed by atoms with Crippen LogP contribution >= 0.6 is 0 Å². The minimum absolute atomic E-state index is 0.849. The van der Waals surface area contributed by atoms with Crippen molar-refractivity contribution in [1.29, 1.82) is 0 Å². The summed E-state index contributed by atoms with van der Waals surface area (Å²) in [5.74, 6) is 0.849. The third-order valence-corrected chi connectivity index (χ3v) is 3.78. The van der Waals surface area contributed by atoms with Gasteiger partial charge in [-0.15, -0.1) is 0 Å². The Hall–Kier alpha value is -0.570. The fraction of sp³-hybridized carbons (Fsp3) is 0.917. The van der Waals surface area contributed by atoms with Crippen LogP contribution in [-0.4, -0.2) is 48.9 Å². The lowest BCUT2D eigenvalue weighted by atomic mass is 9.93. The van der Waals surface area contributed by atoms with Gasteiger partial charge in [0.15, 0.2) is 0 Å². The topological polar surface area (TPSA) is 23.6 Å². The quantitative estimate of drug-likeness (QED) is 0.639. The summed E-state index contributed by atoms with van der Waals surface area (Å²) >= 11 is 0. The molecule has 0 N–H and O–H groups in total. The molecule has 1 saturated heterocycles. The molecule has 86 valence electrons. The number of amides is 1. The number of carbonyl (C=O) groups is 1. The number of piperidine rings is 1. The zero-order valence-electron chi connectivity index (χ0n) is 9.69. The van der Waals surface area contributed by atoms with Crippen molar-refractivity contribution >= 4 is 6.41 Å². The molecular weight excluding hydrogens is 188 g/mol. The zero-order chi connectivity index (χ0) is 10.7. The third-order valence-electron chi connectivity index (χ3n) is 3.78. The standard InChI is InChI=1S/C12H22N2O/c1-13(10-15)7-4-11-5-8-14(9-6-11)12-2-3-12/h10-12H,2-9H2,1H3. The molecule has 2 aliphatic rings. The van der Waals surface area contributed by atoms with Crippen molar-refractivity contribution in [3.63, 3.8) is 0 Å². The van der Waals surface area contributed by atoms with E-state index in [-0.39, 0.29) is 0 Å². The fourth-order valence-electron chi connectivity index (χ4n) is 2.49. The molecule has 0 radical (unpaired) electrons. The molecule has 1 aliphatic heterocycles. The average molecular weight is 210 g/mol. The van der Waals surface area contributed by atoms with Gasteiger partial charge in [0.2, 0.25) is 6.41 Å². The van der Waals surface area contributed by atoms with Crippen molar-refractivity contribution in [2.45, 2.75) is 38.1 Å². The molecule has 3 heteroatoms. The smallest absolute Gasteiger partial charge is 0.209 e. The van der Waals surface area contributed by atoms with E-state index in [1.807, 2.05) is 7.05 Å². The van der Waals surface area contributed by atoms with Gasteiger partial charge in [-0.2, -0.15) is 0 Å². The molecule has 1 amide bonds. The monoisotopic (exact) mass is 210 g/mol. The molecule has 0 spiro atoms. The Morgan fingerprint density at radius 2 is 1.93 bits per heavy atom. The number of hydrogen-bond acceptors (Lipinski definition) is 2. The molecule has 3 nitrogen and oxygen atoms in total. The number of nitrogens with zero attached hydrogens (tertiary/aromatic N) is 2. The molecule has 0 aromatic heterocycles. The molecule has 2 fully saturated rings. The predicted molar refractivity (Wildman–Crippen MR) is 60.6 cm³/mol. The summed E-state index contributed by atoms with van der Waals surface area (Å²) in [6, 6.07) is 0.934. The van der Waals surface area contributed by atoms with Crippen LogP contribution in [0, 0.1) is 5.92 Å². The van der Waals surface area contributed by atoms with Gasteiger partial charge in [-0.1, -0.05) is 0 Å². The Kier molecular flexibility index (Phi) is 3.62. The van der Waals surface area contributed by atoms with Crippen LogP contribution in [0.5, 0.6) is 0 Å². The fourth-order valence-corrected chi connectivity index (χ4v) is 2.49. The Morgan fingerprint density at radius 1 is 1.27 bits per heavy atom. The SMILES string of the molecule is CN(C=O)CCC1CCN(C2CC2)CC1. The van der Waals surface area contributed by atoms with Gasteiger partial charge in [-0.05, 0) is 51.1 Å². The zero-order valence-corrected chi connectivity index (χ0v) is 9.69. The second kappa shape index (κ2) is 4.97. The van der Waals surface area contributed by atoms with E-state index in [2.05, 4.69) is 4.90 Å². The van der Waals surface area contributed by atoms with Crippen LogP contribution in [0.25, 0.3) is 0 Å². The van der Waals surface area contributed by atoms with Crippen molar-refractivity contribution in [3.05, 3.63) is 0 Å². The summed E-state index contributed by atoms with van der Waals surface area (Å²) in [5, 5.41) is 0. The maximum atomic E-state index is 10.4. The minimum atomic E-state index is 0.849. The van der Waals surface area contributed by atoms with E-state index in [9.17, 15) is 4.79 Å². The average Bonchev–Trinajstić information content (AvgIpc) is 3.10. The van der Waals surface area contributed by atoms with Gasteiger partial charge in [-0.25, -0.2) is 0 Å². The Bertz CT molecular complexity index is 208. The predicted octanol–water partition coefficient (Wildman–Crippen LogP) is 1.34. The van der Waals surface area contributed by atoms with Crippen LogP contribution in [0.15, 0.2) is 0 Å². The van der Waals surface area contributed by atoms with Gasteiger partial charge in [0.25, 0.3) is 0 Å². The maximum absolute atomic E-state index is 10.4.